The van der Waals surface area contributed by atoms with Crippen LogP contribution in [0.3, 0.4) is 0 Å². The predicted octanol–water partition coefficient (Wildman–Crippen LogP) is 2.64. The molecular formula is C14H21NOS. The summed E-state index contributed by atoms with van der Waals surface area (Å²) < 4.78 is 5.88. The molecule has 2 unspecified atom stereocenters. The second-order valence-electron chi connectivity index (χ2n) is 4.35. The molecule has 2 rings (SSSR count). The largest absolute Gasteiger partial charge is 0.375 e. The first kappa shape index (κ1) is 12.9. The zero-order chi connectivity index (χ0) is 12.1. The molecule has 94 valence electrons. The molecule has 0 radical (unpaired) electrons. The van der Waals surface area contributed by atoms with E-state index in [1.165, 1.54) is 11.1 Å². The molecule has 1 heterocycles. The Hall–Kier alpha value is -0.510. The highest BCUT2D eigenvalue weighted by molar-refractivity contribution is 7.99. The zero-order valence-corrected chi connectivity index (χ0v) is 11.4. The van der Waals surface area contributed by atoms with Crippen LogP contribution in [0.4, 0.5) is 0 Å². The maximum atomic E-state index is 5.88. The standard InChI is InChI=1S/C14H21NOS/c1-3-11-5-4-6-12(9-11)14(15-2)13-10-17-8-7-16-13/h4-6,9,13-15H,3,7-8,10H2,1-2H3. The Morgan fingerprint density at radius 3 is 3.06 bits per heavy atom. The van der Waals surface area contributed by atoms with E-state index in [4.69, 9.17) is 4.74 Å². The Balaban J connectivity index is 2.15. The third kappa shape index (κ3) is 3.24. The molecule has 0 aliphatic carbocycles. The van der Waals surface area contributed by atoms with Gasteiger partial charge in [-0.25, -0.2) is 0 Å². The molecule has 2 nitrogen and oxygen atoms in total. The van der Waals surface area contributed by atoms with Gasteiger partial charge in [-0.3, -0.25) is 0 Å². The summed E-state index contributed by atoms with van der Waals surface area (Å²) in [5.74, 6) is 2.21. The lowest BCUT2D eigenvalue weighted by molar-refractivity contribution is 0.0488. The van der Waals surface area contributed by atoms with E-state index in [2.05, 4.69) is 36.5 Å². The SMILES string of the molecule is CCc1cccc(C(NC)C2CSCCO2)c1. The highest BCUT2D eigenvalue weighted by Crippen LogP contribution is 2.25. The van der Waals surface area contributed by atoms with Crippen molar-refractivity contribution in [1.82, 2.24) is 5.32 Å². The van der Waals surface area contributed by atoms with Gasteiger partial charge in [0.2, 0.25) is 0 Å². The smallest absolute Gasteiger partial charge is 0.0860 e. The number of rotatable bonds is 4. The number of hydrogen-bond donors (Lipinski definition) is 1. The highest BCUT2D eigenvalue weighted by atomic mass is 32.2. The van der Waals surface area contributed by atoms with E-state index in [0.717, 1.165) is 24.5 Å². The van der Waals surface area contributed by atoms with E-state index in [1.807, 2.05) is 18.8 Å². The third-order valence-electron chi connectivity index (χ3n) is 3.24. The first-order chi connectivity index (χ1) is 8.35. The maximum absolute atomic E-state index is 5.88. The van der Waals surface area contributed by atoms with E-state index >= 15 is 0 Å². The summed E-state index contributed by atoms with van der Waals surface area (Å²) in [7, 11) is 2.02. The predicted molar refractivity (Wildman–Crippen MR) is 74.7 cm³/mol. The van der Waals surface area contributed by atoms with E-state index in [-0.39, 0.29) is 0 Å². The number of aryl methyl sites for hydroxylation is 1. The van der Waals surface area contributed by atoms with Gasteiger partial charge in [-0.05, 0) is 24.6 Å². The summed E-state index contributed by atoms with van der Waals surface area (Å²) >= 11 is 1.99. The summed E-state index contributed by atoms with van der Waals surface area (Å²) in [6, 6.07) is 9.14. The van der Waals surface area contributed by atoms with Crippen LogP contribution in [0.5, 0.6) is 0 Å². The van der Waals surface area contributed by atoms with Gasteiger partial charge in [0.05, 0.1) is 18.8 Å². The lowest BCUT2D eigenvalue weighted by Gasteiger charge is -2.30. The van der Waals surface area contributed by atoms with Crippen molar-refractivity contribution in [2.75, 3.05) is 25.2 Å². The normalized spacial score (nSPS) is 22.4. The van der Waals surface area contributed by atoms with Gasteiger partial charge in [0.1, 0.15) is 0 Å². The molecule has 0 saturated carbocycles. The van der Waals surface area contributed by atoms with Crippen LogP contribution in [0, 0.1) is 0 Å². The summed E-state index contributed by atoms with van der Waals surface area (Å²) in [5, 5.41) is 3.40. The van der Waals surface area contributed by atoms with Crippen LogP contribution in [0.1, 0.15) is 24.1 Å². The Bertz CT molecular complexity index is 350. The molecule has 1 N–H and O–H groups in total. The van der Waals surface area contributed by atoms with Crippen molar-refractivity contribution in [3.05, 3.63) is 35.4 Å². The summed E-state index contributed by atoms with van der Waals surface area (Å²) in [6.07, 6.45) is 1.38. The van der Waals surface area contributed by atoms with Gasteiger partial charge < -0.3 is 10.1 Å². The molecule has 1 aromatic rings. The van der Waals surface area contributed by atoms with Crippen LogP contribution < -0.4 is 5.32 Å². The van der Waals surface area contributed by atoms with Gasteiger partial charge in [-0.2, -0.15) is 11.8 Å². The van der Waals surface area contributed by atoms with Gasteiger partial charge in [-0.1, -0.05) is 31.2 Å². The topological polar surface area (TPSA) is 21.3 Å². The molecule has 17 heavy (non-hydrogen) atoms. The van der Waals surface area contributed by atoms with Crippen LogP contribution in [0.2, 0.25) is 0 Å². The monoisotopic (exact) mass is 251 g/mol. The average Bonchev–Trinajstić information content (AvgIpc) is 2.41. The lowest BCUT2D eigenvalue weighted by atomic mass is 9.99. The minimum atomic E-state index is 0.297. The second kappa shape index (κ2) is 6.43. The van der Waals surface area contributed by atoms with Crippen molar-refractivity contribution >= 4 is 11.8 Å². The fraction of sp³-hybridized carbons (Fsp3) is 0.571. The van der Waals surface area contributed by atoms with Gasteiger partial charge >= 0.3 is 0 Å². The van der Waals surface area contributed by atoms with Gasteiger partial charge in [-0.15, -0.1) is 0 Å². The summed E-state index contributed by atoms with van der Waals surface area (Å²) in [4.78, 5) is 0. The third-order valence-corrected chi connectivity index (χ3v) is 4.26. The van der Waals surface area contributed by atoms with Crippen LogP contribution in [0.15, 0.2) is 24.3 Å². The van der Waals surface area contributed by atoms with E-state index in [9.17, 15) is 0 Å². The Morgan fingerprint density at radius 1 is 1.53 bits per heavy atom. The van der Waals surface area contributed by atoms with E-state index in [1.54, 1.807) is 0 Å². The summed E-state index contributed by atoms with van der Waals surface area (Å²) in [5.41, 5.74) is 2.74. The number of likely N-dealkylation sites (N-methyl/N-ethyl adjacent to an activating group) is 1. The van der Waals surface area contributed by atoms with Crippen LogP contribution in [0.25, 0.3) is 0 Å². The van der Waals surface area contributed by atoms with Crippen molar-refractivity contribution < 1.29 is 4.74 Å². The Labute approximate surface area is 108 Å². The zero-order valence-electron chi connectivity index (χ0n) is 10.6. The van der Waals surface area contributed by atoms with Crippen LogP contribution in [-0.2, 0) is 11.2 Å². The van der Waals surface area contributed by atoms with Crippen molar-refractivity contribution in [3.8, 4) is 0 Å². The maximum Gasteiger partial charge on any atom is 0.0860 e. The Morgan fingerprint density at radius 2 is 2.41 bits per heavy atom. The van der Waals surface area contributed by atoms with Crippen molar-refractivity contribution in [3.63, 3.8) is 0 Å². The molecule has 3 heteroatoms. The van der Waals surface area contributed by atoms with Crippen LogP contribution >= 0.6 is 11.8 Å². The molecule has 1 aliphatic heterocycles. The number of benzene rings is 1. The first-order valence-electron chi connectivity index (χ1n) is 6.30. The van der Waals surface area contributed by atoms with Crippen LogP contribution in [-0.4, -0.2) is 31.3 Å². The van der Waals surface area contributed by atoms with Gasteiger partial charge in [0, 0.05) is 11.5 Å². The molecule has 1 aromatic carbocycles. The molecule has 2 atom stereocenters. The van der Waals surface area contributed by atoms with Gasteiger partial charge in [0.15, 0.2) is 0 Å². The quantitative estimate of drug-likeness (QED) is 0.889. The highest BCUT2D eigenvalue weighted by Gasteiger charge is 2.24. The number of hydrogen-bond acceptors (Lipinski definition) is 3. The van der Waals surface area contributed by atoms with Crippen molar-refractivity contribution in [2.45, 2.75) is 25.5 Å². The average molecular weight is 251 g/mol. The fourth-order valence-electron chi connectivity index (χ4n) is 2.27. The van der Waals surface area contributed by atoms with E-state index in [0.29, 0.717) is 12.1 Å². The van der Waals surface area contributed by atoms with Crippen molar-refractivity contribution in [2.24, 2.45) is 0 Å². The molecule has 0 amide bonds. The molecular weight excluding hydrogens is 230 g/mol. The Kier molecular flexibility index (Phi) is 4.89. The molecule has 1 fully saturated rings. The fourth-order valence-corrected chi connectivity index (χ4v) is 3.17. The lowest BCUT2D eigenvalue weighted by Crippen LogP contribution is -2.36. The molecule has 1 saturated heterocycles. The molecule has 0 aromatic heterocycles. The van der Waals surface area contributed by atoms with E-state index < -0.39 is 0 Å². The number of thioether (sulfide) groups is 1. The first-order valence-corrected chi connectivity index (χ1v) is 7.46. The molecule has 0 spiro atoms. The molecule has 0 bridgehead atoms. The summed E-state index contributed by atoms with van der Waals surface area (Å²) in [6.45, 7) is 3.07. The van der Waals surface area contributed by atoms with Gasteiger partial charge in [0.25, 0.3) is 0 Å². The number of nitrogens with one attached hydrogen (secondary N) is 1. The minimum Gasteiger partial charge on any atom is -0.375 e. The number of ether oxygens (including phenoxy) is 1. The minimum absolute atomic E-state index is 0.297. The molecule has 1 aliphatic rings. The second-order valence-corrected chi connectivity index (χ2v) is 5.50. The van der Waals surface area contributed by atoms with Crippen molar-refractivity contribution in [1.29, 1.82) is 0 Å².